The number of hydrogen-bond donors (Lipinski definition) is 1. The average Bonchev–Trinajstić information content (AvgIpc) is 2.39. The van der Waals surface area contributed by atoms with Gasteiger partial charge in [0, 0.05) is 40.3 Å². The van der Waals surface area contributed by atoms with Gasteiger partial charge in [0.25, 0.3) is 0 Å². The van der Waals surface area contributed by atoms with Gasteiger partial charge in [-0.05, 0) is 6.92 Å². The van der Waals surface area contributed by atoms with Gasteiger partial charge in [-0.25, -0.2) is 8.42 Å². The Labute approximate surface area is 114 Å². The van der Waals surface area contributed by atoms with E-state index in [4.69, 9.17) is 4.74 Å². The average molecular weight is 293 g/mol. The van der Waals surface area contributed by atoms with Crippen LogP contribution in [0.4, 0.5) is 0 Å². The van der Waals surface area contributed by atoms with Crippen LogP contribution in [0.1, 0.15) is 6.92 Å². The minimum atomic E-state index is -3.46. The molecule has 1 amide bonds. The number of amides is 1. The summed E-state index contributed by atoms with van der Waals surface area (Å²) in [6.45, 7) is 4.33. The van der Waals surface area contributed by atoms with Crippen molar-refractivity contribution in [3.8, 4) is 0 Å². The summed E-state index contributed by atoms with van der Waals surface area (Å²) < 4.78 is 30.0. The molecule has 0 radical (unpaired) electrons. The molecule has 0 aromatic heterocycles. The number of carbonyl (C=O) groups excluding carboxylic acids is 1. The Morgan fingerprint density at radius 1 is 1.42 bits per heavy atom. The zero-order valence-electron chi connectivity index (χ0n) is 11.8. The Kier molecular flexibility index (Phi) is 6.18. The van der Waals surface area contributed by atoms with E-state index >= 15 is 0 Å². The molecule has 1 aliphatic rings. The molecule has 1 N–H and O–H groups in total. The van der Waals surface area contributed by atoms with E-state index in [2.05, 4.69) is 5.32 Å². The van der Waals surface area contributed by atoms with E-state index in [1.807, 2.05) is 0 Å². The summed E-state index contributed by atoms with van der Waals surface area (Å²) in [5.41, 5.74) is 0. The lowest BCUT2D eigenvalue weighted by Crippen LogP contribution is -2.50. The number of nitrogens with zero attached hydrogens (tertiary/aromatic N) is 2. The van der Waals surface area contributed by atoms with Gasteiger partial charge < -0.3 is 15.0 Å². The highest BCUT2D eigenvalue weighted by Crippen LogP contribution is 2.04. The molecule has 19 heavy (non-hydrogen) atoms. The molecule has 1 atom stereocenters. The lowest BCUT2D eigenvalue weighted by molar-refractivity contribution is -0.131. The molecule has 112 valence electrons. The predicted octanol–water partition coefficient (Wildman–Crippen LogP) is -1.29. The van der Waals surface area contributed by atoms with Crippen LogP contribution < -0.4 is 5.32 Å². The van der Waals surface area contributed by atoms with E-state index in [0.717, 1.165) is 17.4 Å². The smallest absolute Gasteiger partial charge is 0.237 e. The second-order valence-corrected chi connectivity index (χ2v) is 6.83. The number of ether oxygens (including phenoxy) is 1. The van der Waals surface area contributed by atoms with E-state index < -0.39 is 10.0 Å². The number of hydrogen-bond acceptors (Lipinski definition) is 5. The Morgan fingerprint density at radius 2 is 2.00 bits per heavy atom. The normalized spacial score (nSPS) is 18.6. The van der Waals surface area contributed by atoms with Crippen molar-refractivity contribution in [2.45, 2.75) is 13.0 Å². The number of rotatable bonds is 6. The van der Waals surface area contributed by atoms with Crippen LogP contribution in [0.3, 0.4) is 0 Å². The third kappa shape index (κ3) is 5.06. The molecule has 0 aromatic carbocycles. The molecular formula is C11H23N3O4S. The quantitative estimate of drug-likeness (QED) is 0.659. The monoisotopic (exact) mass is 293 g/mol. The van der Waals surface area contributed by atoms with Gasteiger partial charge in [0.05, 0.1) is 18.4 Å². The van der Waals surface area contributed by atoms with E-state index in [1.165, 1.54) is 14.2 Å². The van der Waals surface area contributed by atoms with Gasteiger partial charge in [-0.15, -0.1) is 0 Å². The molecule has 0 spiro atoms. The second-order valence-electron chi connectivity index (χ2n) is 4.71. The number of nitrogens with one attached hydrogen (secondary N) is 1. The highest BCUT2D eigenvalue weighted by Gasteiger charge is 2.25. The van der Waals surface area contributed by atoms with Crippen LogP contribution in [0.25, 0.3) is 0 Å². The lowest BCUT2D eigenvalue weighted by atomic mass is 10.3. The van der Waals surface area contributed by atoms with Crippen LogP contribution in [0.15, 0.2) is 0 Å². The number of sulfonamides is 1. The van der Waals surface area contributed by atoms with Crippen molar-refractivity contribution in [1.29, 1.82) is 0 Å². The molecule has 0 bridgehead atoms. The summed E-state index contributed by atoms with van der Waals surface area (Å²) in [6.07, 6.45) is -0.387. The predicted molar refractivity (Wildman–Crippen MR) is 72.3 cm³/mol. The fraction of sp³-hybridized carbons (Fsp3) is 0.909. The topological polar surface area (TPSA) is 79.0 Å². The zero-order chi connectivity index (χ0) is 14.5. The summed E-state index contributed by atoms with van der Waals surface area (Å²) >= 11 is 0. The van der Waals surface area contributed by atoms with Crippen molar-refractivity contribution in [3.05, 3.63) is 0 Å². The van der Waals surface area contributed by atoms with Crippen LogP contribution in [0.5, 0.6) is 0 Å². The van der Waals surface area contributed by atoms with Gasteiger partial charge in [0.1, 0.15) is 0 Å². The highest BCUT2D eigenvalue weighted by molar-refractivity contribution is 7.89. The van der Waals surface area contributed by atoms with Crippen LogP contribution in [-0.2, 0) is 19.6 Å². The van der Waals surface area contributed by atoms with Crippen LogP contribution in [0, 0.1) is 0 Å². The van der Waals surface area contributed by atoms with Crippen LogP contribution in [0.2, 0.25) is 0 Å². The van der Waals surface area contributed by atoms with Gasteiger partial charge in [-0.1, -0.05) is 0 Å². The molecular weight excluding hydrogens is 270 g/mol. The summed E-state index contributed by atoms with van der Waals surface area (Å²) in [4.78, 5) is 13.7. The van der Waals surface area contributed by atoms with Gasteiger partial charge in [0.2, 0.25) is 15.9 Å². The first kappa shape index (κ1) is 16.4. The van der Waals surface area contributed by atoms with Crippen molar-refractivity contribution >= 4 is 15.9 Å². The first-order valence-electron chi connectivity index (χ1n) is 6.32. The van der Waals surface area contributed by atoms with Crippen LogP contribution >= 0.6 is 0 Å². The van der Waals surface area contributed by atoms with Crippen molar-refractivity contribution in [2.75, 3.05) is 52.6 Å². The number of likely N-dealkylation sites (N-methyl/N-ethyl adjacent to an activating group) is 1. The van der Waals surface area contributed by atoms with Crippen molar-refractivity contribution in [3.63, 3.8) is 0 Å². The van der Waals surface area contributed by atoms with Crippen molar-refractivity contribution in [1.82, 2.24) is 14.5 Å². The fourth-order valence-electron chi connectivity index (χ4n) is 1.79. The summed E-state index contributed by atoms with van der Waals surface area (Å²) in [6, 6.07) is 0. The standard InChI is InChI=1S/C11H23N3O4S/c1-10(18-3)9-19(16,17)13(2)8-11(15)14-6-4-12-5-7-14/h10,12H,4-9H2,1-3H3. The highest BCUT2D eigenvalue weighted by atomic mass is 32.2. The third-order valence-electron chi connectivity index (χ3n) is 3.15. The molecule has 1 rings (SSSR count). The van der Waals surface area contributed by atoms with Gasteiger partial charge in [-0.3, -0.25) is 4.79 Å². The molecule has 0 aromatic rings. The van der Waals surface area contributed by atoms with Crippen molar-refractivity contribution < 1.29 is 17.9 Å². The molecule has 0 aliphatic carbocycles. The largest absolute Gasteiger partial charge is 0.381 e. The summed E-state index contributed by atoms with van der Waals surface area (Å²) in [5.74, 6) is -0.271. The Morgan fingerprint density at radius 3 is 2.53 bits per heavy atom. The molecule has 0 saturated carbocycles. The number of piperazine rings is 1. The van der Waals surface area contributed by atoms with E-state index in [0.29, 0.717) is 13.1 Å². The van der Waals surface area contributed by atoms with Gasteiger partial charge in [0.15, 0.2) is 0 Å². The first-order chi connectivity index (χ1) is 8.86. The number of methoxy groups -OCH3 is 1. The maximum Gasteiger partial charge on any atom is 0.237 e. The van der Waals surface area contributed by atoms with E-state index in [9.17, 15) is 13.2 Å². The minimum absolute atomic E-state index is 0.112. The first-order valence-corrected chi connectivity index (χ1v) is 7.93. The molecule has 1 aliphatic heterocycles. The van der Waals surface area contributed by atoms with Crippen molar-refractivity contribution in [2.24, 2.45) is 0 Å². The summed E-state index contributed by atoms with van der Waals surface area (Å²) in [7, 11) is -0.567. The lowest BCUT2D eigenvalue weighted by Gasteiger charge is -2.29. The van der Waals surface area contributed by atoms with E-state index in [1.54, 1.807) is 11.8 Å². The van der Waals surface area contributed by atoms with Crippen LogP contribution in [-0.4, -0.2) is 82.3 Å². The van der Waals surface area contributed by atoms with E-state index in [-0.39, 0.29) is 24.3 Å². The zero-order valence-corrected chi connectivity index (χ0v) is 12.6. The second kappa shape index (κ2) is 7.18. The third-order valence-corrected chi connectivity index (χ3v) is 5.12. The summed E-state index contributed by atoms with van der Waals surface area (Å²) in [5, 5.41) is 3.14. The van der Waals surface area contributed by atoms with Gasteiger partial charge in [-0.2, -0.15) is 4.31 Å². The Bertz CT molecular complexity index is 393. The maximum atomic E-state index is 12.0. The number of carbonyl (C=O) groups is 1. The molecule has 7 nitrogen and oxygen atoms in total. The molecule has 8 heteroatoms. The van der Waals surface area contributed by atoms with Gasteiger partial charge >= 0.3 is 0 Å². The minimum Gasteiger partial charge on any atom is -0.381 e. The fourth-order valence-corrected chi connectivity index (χ4v) is 3.09. The molecule has 1 saturated heterocycles. The SMILES string of the molecule is COC(C)CS(=O)(=O)N(C)CC(=O)N1CCNCC1. The molecule has 1 heterocycles. The Hall–Kier alpha value is -0.700. The molecule has 1 unspecified atom stereocenters. The maximum absolute atomic E-state index is 12.0. The Balaban J connectivity index is 2.52. The molecule has 1 fully saturated rings.